The molecule has 1 heterocycles. The van der Waals surface area contributed by atoms with E-state index in [1.165, 1.54) is 11.3 Å². The number of anilines is 1. The molecule has 0 radical (unpaired) electrons. The van der Waals surface area contributed by atoms with Crippen molar-refractivity contribution in [2.45, 2.75) is 32.5 Å². The van der Waals surface area contributed by atoms with Gasteiger partial charge in [-0.25, -0.2) is 0 Å². The molecule has 1 aromatic rings. The molecule has 5 heteroatoms. The Balaban J connectivity index is 1.80. The maximum absolute atomic E-state index is 10.2. The minimum atomic E-state index is -0.483. The van der Waals surface area contributed by atoms with Crippen LogP contribution in [0.25, 0.3) is 0 Å². The predicted molar refractivity (Wildman–Crippen MR) is 101 cm³/mol. The number of rotatable bonds is 7. The lowest BCUT2D eigenvalue weighted by molar-refractivity contribution is -0.0420. The van der Waals surface area contributed by atoms with Gasteiger partial charge in [0.15, 0.2) is 0 Å². The second kappa shape index (κ2) is 8.34. The van der Waals surface area contributed by atoms with Crippen molar-refractivity contribution < 1.29 is 9.84 Å². The van der Waals surface area contributed by atoms with E-state index in [0.717, 1.165) is 31.2 Å². The van der Waals surface area contributed by atoms with Crippen LogP contribution in [0.3, 0.4) is 0 Å². The first-order valence-corrected chi connectivity index (χ1v) is 8.87. The summed E-state index contributed by atoms with van der Waals surface area (Å²) >= 11 is 6.13. The Hall–Kier alpha value is -1.07. The van der Waals surface area contributed by atoms with E-state index in [-0.39, 0.29) is 0 Å². The van der Waals surface area contributed by atoms with Crippen molar-refractivity contribution in [3.63, 3.8) is 0 Å². The molecule has 0 aromatic heterocycles. The summed E-state index contributed by atoms with van der Waals surface area (Å²) in [4.78, 5) is 4.65. The van der Waals surface area contributed by atoms with Crippen molar-refractivity contribution in [2.24, 2.45) is 0 Å². The van der Waals surface area contributed by atoms with Gasteiger partial charge in [-0.1, -0.05) is 23.7 Å². The van der Waals surface area contributed by atoms with Gasteiger partial charge in [-0.05, 0) is 38.5 Å². The van der Waals surface area contributed by atoms with E-state index in [4.69, 9.17) is 16.3 Å². The maximum atomic E-state index is 10.2. The number of nitrogens with zero attached hydrogens (tertiary/aromatic N) is 2. The van der Waals surface area contributed by atoms with E-state index in [1.54, 1.807) is 6.08 Å². The lowest BCUT2D eigenvalue weighted by Crippen LogP contribution is -2.49. The average Bonchev–Trinajstić information content (AvgIpc) is 2.56. The first-order chi connectivity index (χ1) is 11.3. The van der Waals surface area contributed by atoms with Gasteiger partial charge in [0.2, 0.25) is 0 Å². The molecule has 1 aromatic carbocycles. The summed E-state index contributed by atoms with van der Waals surface area (Å²) < 4.78 is 5.68. The minimum absolute atomic E-state index is 0.326. The molecule has 2 rings (SSSR count). The summed E-state index contributed by atoms with van der Waals surface area (Å²) in [7, 11) is 0. The number of benzene rings is 1. The zero-order valence-corrected chi connectivity index (χ0v) is 15.7. The second-order valence-corrected chi connectivity index (χ2v) is 7.43. The Morgan fingerprint density at radius 2 is 2.00 bits per heavy atom. The third-order valence-electron chi connectivity index (χ3n) is 4.49. The fraction of sp³-hybridized carbons (Fsp3) is 0.579. The molecule has 1 atom stereocenters. The molecule has 1 saturated heterocycles. The number of piperazine rings is 1. The number of β-amino-alcohol motifs (C(OH)–C–C–N with tert-alkyl or cyclic N) is 1. The lowest BCUT2D eigenvalue weighted by atomic mass is 10.1. The molecule has 1 N–H and O–H groups in total. The van der Waals surface area contributed by atoms with Crippen molar-refractivity contribution in [1.29, 1.82) is 0 Å². The van der Waals surface area contributed by atoms with Gasteiger partial charge in [-0.15, -0.1) is 6.58 Å². The van der Waals surface area contributed by atoms with Crippen LogP contribution in [0.2, 0.25) is 5.02 Å². The van der Waals surface area contributed by atoms with E-state index < -0.39 is 11.7 Å². The SMILES string of the molecule is C=CC(C)(C)OCC(O)CN1CCN(c2cc(Cl)ccc2C)CC1. The van der Waals surface area contributed by atoms with Crippen LogP contribution in [0.15, 0.2) is 30.9 Å². The quantitative estimate of drug-likeness (QED) is 0.765. The Kier molecular flexibility index (Phi) is 6.70. The highest BCUT2D eigenvalue weighted by atomic mass is 35.5. The lowest BCUT2D eigenvalue weighted by Gasteiger charge is -2.37. The van der Waals surface area contributed by atoms with E-state index in [0.29, 0.717) is 13.2 Å². The van der Waals surface area contributed by atoms with Gasteiger partial charge in [0.25, 0.3) is 0 Å². The standard InChI is InChI=1S/C19H29ClN2O2/c1-5-19(3,4)24-14-17(23)13-21-8-10-22(11-9-21)18-12-16(20)7-6-15(18)2/h5-7,12,17,23H,1,8-11,13-14H2,2-4H3. The number of hydrogen-bond donors (Lipinski definition) is 1. The van der Waals surface area contributed by atoms with Crippen molar-refractivity contribution in [1.82, 2.24) is 4.90 Å². The van der Waals surface area contributed by atoms with Crippen LogP contribution in [0, 0.1) is 6.92 Å². The average molecular weight is 353 g/mol. The van der Waals surface area contributed by atoms with Crippen LogP contribution < -0.4 is 4.90 Å². The van der Waals surface area contributed by atoms with Crippen LogP contribution in [-0.2, 0) is 4.74 Å². The number of halogens is 1. The van der Waals surface area contributed by atoms with E-state index in [9.17, 15) is 5.11 Å². The Labute approximate surface area is 150 Å². The molecule has 1 aliphatic rings. The minimum Gasteiger partial charge on any atom is -0.389 e. The highest BCUT2D eigenvalue weighted by molar-refractivity contribution is 6.30. The van der Waals surface area contributed by atoms with Crippen molar-refractivity contribution >= 4 is 17.3 Å². The van der Waals surface area contributed by atoms with Crippen molar-refractivity contribution in [2.75, 3.05) is 44.2 Å². The molecular formula is C19H29ClN2O2. The zero-order valence-electron chi connectivity index (χ0n) is 15.0. The molecule has 1 aliphatic heterocycles. The van der Waals surface area contributed by atoms with E-state index in [1.807, 2.05) is 26.0 Å². The van der Waals surface area contributed by atoms with Crippen molar-refractivity contribution in [3.05, 3.63) is 41.4 Å². The highest BCUT2D eigenvalue weighted by Gasteiger charge is 2.22. The Bertz CT molecular complexity index is 554. The summed E-state index contributed by atoms with van der Waals surface area (Å²) in [6.45, 7) is 14.4. The molecule has 0 amide bonds. The third kappa shape index (κ3) is 5.49. The van der Waals surface area contributed by atoms with Crippen molar-refractivity contribution in [3.8, 4) is 0 Å². The molecule has 0 aliphatic carbocycles. The fourth-order valence-electron chi connectivity index (χ4n) is 2.82. The normalized spacial score (nSPS) is 17.8. The molecule has 1 unspecified atom stereocenters. The first kappa shape index (κ1) is 19.3. The number of ether oxygens (including phenoxy) is 1. The maximum Gasteiger partial charge on any atom is 0.0900 e. The van der Waals surface area contributed by atoms with Crippen LogP contribution in [-0.4, -0.2) is 61.0 Å². The summed E-state index contributed by atoms with van der Waals surface area (Å²) in [6.07, 6.45) is 1.27. The number of aliphatic hydroxyl groups excluding tert-OH is 1. The summed E-state index contributed by atoms with van der Waals surface area (Å²) in [5.74, 6) is 0. The summed E-state index contributed by atoms with van der Waals surface area (Å²) in [5.41, 5.74) is 2.05. The smallest absolute Gasteiger partial charge is 0.0900 e. The first-order valence-electron chi connectivity index (χ1n) is 8.50. The van der Waals surface area contributed by atoms with Crippen LogP contribution in [0.5, 0.6) is 0 Å². The molecule has 4 nitrogen and oxygen atoms in total. The monoisotopic (exact) mass is 352 g/mol. The van der Waals surface area contributed by atoms with Gasteiger partial charge >= 0.3 is 0 Å². The van der Waals surface area contributed by atoms with Gasteiger partial charge in [-0.3, -0.25) is 4.90 Å². The Morgan fingerprint density at radius 3 is 2.62 bits per heavy atom. The highest BCUT2D eigenvalue weighted by Crippen LogP contribution is 2.25. The number of aryl methyl sites for hydroxylation is 1. The van der Waals surface area contributed by atoms with E-state index >= 15 is 0 Å². The van der Waals surface area contributed by atoms with Gasteiger partial charge in [-0.2, -0.15) is 0 Å². The molecule has 0 bridgehead atoms. The van der Waals surface area contributed by atoms with Gasteiger partial charge in [0.05, 0.1) is 18.3 Å². The van der Waals surface area contributed by atoms with Gasteiger partial charge < -0.3 is 14.7 Å². The number of hydrogen-bond acceptors (Lipinski definition) is 4. The van der Waals surface area contributed by atoms with Crippen LogP contribution in [0.1, 0.15) is 19.4 Å². The molecule has 0 saturated carbocycles. The molecule has 0 spiro atoms. The van der Waals surface area contributed by atoms with Gasteiger partial charge in [0.1, 0.15) is 0 Å². The zero-order chi connectivity index (χ0) is 17.7. The fourth-order valence-corrected chi connectivity index (χ4v) is 2.98. The molecular weight excluding hydrogens is 324 g/mol. The van der Waals surface area contributed by atoms with Crippen LogP contribution in [0.4, 0.5) is 5.69 Å². The van der Waals surface area contributed by atoms with Crippen LogP contribution >= 0.6 is 11.6 Å². The number of aliphatic hydroxyl groups is 1. The predicted octanol–water partition coefficient (Wildman–Crippen LogP) is 3.11. The summed E-state index contributed by atoms with van der Waals surface area (Å²) in [5, 5.41) is 11.0. The molecule has 24 heavy (non-hydrogen) atoms. The summed E-state index contributed by atoms with van der Waals surface area (Å²) in [6, 6.07) is 6.02. The van der Waals surface area contributed by atoms with Gasteiger partial charge in [0, 0.05) is 43.4 Å². The molecule has 1 fully saturated rings. The Morgan fingerprint density at radius 1 is 1.33 bits per heavy atom. The second-order valence-electron chi connectivity index (χ2n) is 6.99. The van der Waals surface area contributed by atoms with E-state index in [2.05, 4.69) is 29.4 Å². The largest absolute Gasteiger partial charge is 0.389 e. The molecule has 134 valence electrons. The third-order valence-corrected chi connectivity index (χ3v) is 4.73. The topological polar surface area (TPSA) is 35.9 Å².